The molecule has 7 heteroatoms. The Kier molecular flexibility index (Phi) is 6.93. The van der Waals surface area contributed by atoms with Crippen molar-refractivity contribution in [3.63, 3.8) is 0 Å². The van der Waals surface area contributed by atoms with Crippen molar-refractivity contribution in [2.45, 2.75) is 23.8 Å². The molecule has 3 aromatic rings. The molecule has 3 aromatic carbocycles. The number of hydrogen-bond donors (Lipinski definition) is 1. The summed E-state index contributed by atoms with van der Waals surface area (Å²) in [4.78, 5) is 15.1. The minimum atomic E-state index is -3.58. The fourth-order valence-corrected chi connectivity index (χ4v) is 5.50. The number of hydrogen-bond acceptors (Lipinski definition) is 4. The summed E-state index contributed by atoms with van der Waals surface area (Å²) < 4.78 is 27.6. The van der Waals surface area contributed by atoms with Gasteiger partial charge in [-0.15, -0.1) is 0 Å². The Hall–Kier alpha value is -3.00. The van der Waals surface area contributed by atoms with Gasteiger partial charge in [-0.25, -0.2) is 8.42 Å². The van der Waals surface area contributed by atoms with Gasteiger partial charge in [-0.05, 0) is 80.5 Å². The van der Waals surface area contributed by atoms with Gasteiger partial charge in [-0.2, -0.15) is 4.31 Å². The van der Waals surface area contributed by atoms with Gasteiger partial charge in [0.15, 0.2) is 0 Å². The fourth-order valence-electron chi connectivity index (χ4n) is 4.08. The number of carbonyl (C=O) groups is 1. The lowest BCUT2D eigenvalue weighted by atomic mass is 10.0. The monoisotopic (exact) mass is 463 g/mol. The highest BCUT2D eigenvalue weighted by molar-refractivity contribution is 7.89. The van der Waals surface area contributed by atoms with E-state index in [4.69, 9.17) is 0 Å². The van der Waals surface area contributed by atoms with Crippen LogP contribution in [-0.4, -0.2) is 56.8 Å². The molecule has 0 radical (unpaired) electrons. The predicted octanol–water partition coefficient (Wildman–Crippen LogP) is 4.32. The zero-order valence-electron chi connectivity index (χ0n) is 18.9. The van der Waals surface area contributed by atoms with Crippen LogP contribution in [0.15, 0.2) is 83.8 Å². The second-order valence-electron chi connectivity index (χ2n) is 8.48. The summed E-state index contributed by atoms with van der Waals surface area (Å²) in [5.74, 6) is -0.242. The van der Waals surface area contributed by atoms with Gasteiger partial charge in [0.2, 0.25) is 10.0 Å². The van der Waals surface area contributed by atoms with Crippen molar-refractivity contribution >= 4 is 21.6 Å². The van der Waals surface area contributed by atoms with Crippen molar-refractivity contribution in [1.29, 1.82) is 0 Å². The Labute approximate surface area is 195 Å². The van der Waals surface area contributed by atoms with Crippen molar-refractivity contribution in [2.75, 3.05) is 32.5 Å². The number of benzene rings is 3. The number of sulfonamides is 1. The minimum absolute atomic E-state index is 0.00411. The van der Waals surface area contributed by atoms with E-state index in [9.17, 15) is 13.2 Å². The molecular weight excluding hydrogens is 434 g/mol. The van der Waals surface area contributed by atoms with Gasteiger partial charge in [-0.1, -0.05) is 42.5 Å². The first-order valence-corrected chi connectivity index (χ1v) is 12.5. The summed E-state index contributed by atoms with van der Waals surface area (Å²) in [7, 11) is 0.121. The summed E-state index contributed by atoms with van der Waals surface area (Å²) in [5, 5.41) is 2.84. The van der Waals surface area contributed by atoms with Crippen LogP contribution >= 0.6 is 0 Å². The molecule has 1 saturated heterocycles. The van der Waals surface area contributed by atoms with Crippen LogP contribution in [0, 0.1) is 0 Å². The molecular formula is C26H29N3O3S. The molecule has 0 unspecified atom stereocenters. The SMILES string of the molecule is CN1CCC(N(C)S(=O)(=O)c2ccc(NC(=O)c3ccc(-c4ccccc4)cc3)cc2)CC1. The van der Waals surface area contributed by atoms with Crippen LogP contribution in [0.4, 0.5) is 5.69 Å². The minimum Gasteiger partial charge on any atom is -0.322 e. The van der Waals surface area contributed by atoms with Crippen LogP contribution in [0.3, 0.4) is 0 Å². The third-order valence-electron chi connectivity index (χ3n) is 6.25. The highest BCUT2D eigenvalue weighted by Gasteiger charge is 2.30. The maximum atomic E-state index is 13.0. The van der Waals surface area contributed by atoms with Gasteiger partial charge < -0.3 is 10.2 Å². The summed E-state index contributed by atoms with van der Waals surface area (Å²) in [5.41, 5.74) is 3.21. The maximum Gasteiger partial charge on any atom is 0.255 e. The molecule has 172 valence electrons. The van der Waals surface area contributed by atoms with E-state index in [-0.39, 0.29) is 16.8 Å². The maximum absolute atomic E-state index is 13.0. The third-order valence-corrected chi connectivity index (χ3v) is 8.17. The molecule has 1 amide bonds. The number of amides is 1. The van der Waals surface area contributed by atoms with E-state index >= 15 is 0 Å². The molecule has 1 fully saturated rings. The topological polar surface area (TPSA) is 69.7 Å². The van der Waals surface area contributed by atoms with Crippen molar-refractivity contribution < 1.29 is 13.2 Å². The second kappa shape index (κ2) is 9.87. The largest absolute Gasteiger partial charge is 0.322 e. The van der Waals surface area contributed by atoms with E-state index in [1.165, 1.54) is 4.31 Å². The van der Waals surface area contributed by atoms with Gasteiger partial charge in [0.05, 0.1) is 4.90 Å². The molecule has 4 rings (SSSR count). The first-order chi connectivity index (χ1) is 15.8. The van der Waals surface area contributed by atoms with E-state index in [0.29, 0.717) is 11.3 Å². The molecule has 1 N–H and O–H groups in total. The Morgan fingerprint density at radius 2 is 1.45 bits per heavy atom. The number of anilines is 1. The average molecular weight is 464 g/mol. The average Bonchev–Trinajstić information content (AvgIpc) is 2.85. The molecule has 0 saturated carbocycles. The molecule has 1 heterocycles. The molecule has 0 spiro atoms. The molecule has 1 aliphatic heterocycles. The molecule has 1 aliphatic rings. The summed E-state index contributed by atoms with van der Waals surface area (Å²) in [6.07, 6.45) is 1.65. The van der Waals surface area contributed by atoms with Crippen LogP contribution < -0.4 is 5.32 Å². The smallest absolute Gasteiger partial charge is 0.255 e. The lowest BCUT2D eigenvalue weighted by Gasteiger charge is -2.34. The van der Waals surface area contributed by atoms with E-state index in [1.54, 1.807) is 43.4 Å². The van der Waals surface area contributed by atoms with Crippen molar-refractivity contribution in [3.05, 3.63) is 84.4 Å². The van der Waals surface area contributed by atoms with Gasteiger partial charge in [0.1, 0.15) is 0 Å². The number of piperidine rings is 1. The summed E-state index contributed by atoms with van der Waals surface area (Å²) in [6.45, 7) is 1.78. The van der Waals surface area contributed by atoms with Gasteiger partial charge >= 0.3 is 0 Å². The number of likely N-dealkylation sites (tertiary alicyclic amines) is 1. The Balaban J connectivity index is 1.41. The standard InChI is InChI=1S/C26H29N3O3S/c1-28-18-16-24(17-19-28)29(2)33(31,32)25-14-12-23(13-15-25)27-26(30)22-10-8-21(9-11-22)20-6-4-3-5-7-20/h3-15,24H,16-19H2,1-2H3,(H,27,30). The Bertz CT molecular complexity index is 1190. The Morgan fingerprint density at radius 3 is 2.06 bits per heavy atom. The lowest BCUT2D eigenvalue weighted by Crippen LogP contribution is -2.44. The van der Waals surface area contributed by atoms with Crippen molar-refractivity contribution in [3.8, 4) is 11.1 Å². The lowest BCUT2D eigenvalue weighted by molar-refractivity contribution is 0.102. The first-order valence-electron chi connectivity index (χ1n) is 11.1. The Morgan fingerprint density at radius 1 is 0.879 bits per heavy atom. The van der Waals surface area contributed by atoms with Crippen molar-refractivity contribution in [2.24, 2.45) is 0 Å². The quantitative estimate of drug-likeness (QED) is 0.591. The highest BCUT2D eigenvalue weighted by atomic mass is 32.2. The molecule has 6 nitrogen and oxygen atoms in total. The fraction of sp³-hybridized carbons (Fsp3) is 0.269. The van der Waals surface area contributed by atoms with E-state index in [0.717, 1.165) is 37.1 Å². The first kappa shape index (κ1) is 23.2. The number of carbonyl (C=O) groups excluding carboxylic acids is 1. The van der Waals surface area contributed by atoms with Crippen LogP contribution in [0.2, 0.25) is 0 Å². The molecule has 0 aromatic heterocycles. The van der Waals surface area contributed by atoms with Crippen LogP contribution in [0.1, 0.15) is 23.2 Å². The molecule has 0 aliphatic carbocycles. The van der Waals surface area contributed by atoms with Crippen LogP contribution in [0.25, 0.3) is 11.1 Å². The third kappa shape index (κ3) is 5.33. The summed E-state index contributed by atoms with van der Waals surface area (Å²) >= 11 is 0. The van der Waals surface area contributed by atoms with Crippen molar-refractivity contribution in [1.82, 2.24) is 9.21 Å². The second-order valence-corrected chi connectivity index (χ2v) is 10.5. The van der Waals surface area contributed by atoms with Crippen LogP contribution in [-0.2, 0) is 10.0 Å². The van der Waals surface area contributed by atoms with E-state index in [1.807, 2.05) is 42.5 Å². The van der Waals surface area contributed by atoms with E-state index in [2.05, 4.69) is 17.3 Å². The summed E-state index contributed by atoms with van der Waals surface area (Å²) in [6, 6.07) is 23.7. The molecule has 0 bridgehead atoms. The molecule has 0 atom stereocenters. The van der Waals surface area contributed by atoms with Gasteiger partial charge in [-0.3, -0.25) is 4.79 Å². The van der Waals surface area contributed by atoms with Crippen LogP contribution in [0.5, 0.6) is 0 Å². The normalized spacial score (nSPS) is 15.5. The number of nitrogens with one attached hydrogen (secondary N) is 1. The van der Waals surface area contributed by atoms with Gasteiger partial charge in [0, 0.05) is 24.3 Å². The highest BCUT2D eigenvalue weighted by Crippen LogP contribution is 2.24. The van der Waals surface area contributed by atoms with Gasteiger partial charge in [0.25, 0.3) is 5.91 Å². The molecule has 33 heavy (non-hydrogen) atoms. The zero-order chi connectivity index (χ0) is 23.4. The number of rotatable bonds is 6. The predicted molar refractivity (Wildman–Crippen MR) is 132 cm³/mol. The zero-order valence-corrected chi connectivity index (χ0v) is 19.8. The number of nitrogens with zero attached hydrogens (tertiary/aromatic N) is 2. The van der Waals surface area contributed by atoms with E-state index < -0.39 is 10.0 Å².